The largest absolute Gasteiger partial charge is 0.478 e. The van der Waals surface area contributed by atoms with E-state index >= 15 is 0 Å². The molecule has 0 aliphatic heterocycles. The zero-order valence-corrected chi connectivity index (χ0v) is 9.77. The van der Waals surface area contributed by atoms with Gasteiger partial charge in [-0.1, -0.05) is 5.16 Å². The van der Waals surface area contributed by atoms with Gasteiger partial charge in [-0.15, -0.1) is 0 Å². The predicted octanol–water partition coefficient (Wildman–Crippen LogP) is 2.29. The van der Waals surface area contributed by atoms with E-state index in [4.69, 9.17) is 4.52 Å². The van der Waals surface area contributed by atoms with Crippen molar-refractivity contribution >= 4 is 17.1 Å². The smallest absolute Gasteiger partial charge is 0.336 e. The summed E-state index contributed by atoms with van der Waals surface area (Å²) in [6.07, 6.45) is 4.75. The van der Waals surface area contributed by atoms with Crippen LogP contribution < -0.4 is 0 Å². The molecule has 2 aromatic rings. The monoisotopic (exact) mass is 244 g/mol. The van der Waals surface area contributed by atoms with Gasteiger partial charge in [0.05, 0.1) is 16.6 Å². The van der Waals surface area contributed by atoms with Crippen LogP contribution in [-0.4, -0.2) is 21.2 Å². The van der Waals surface area contributed by atoms with Crippen LogP contribution in [0.3, 0.4) is 0 Å². The molecule has 92 valence electrons. The minimum Gasteiger partial charge on any atom is -0.478 e. The first-order valence-electron chi connectivity index (χ1n) is 6.30. The molecule has 0 unspecified atom stereocenters. The Kier molecular flexibility index (Phi) is 1.85. The zero-order chi connectivity index (χ0) is 12.3. The molecule has 1 saturated carbocycles. The molecular formula is C13H12N2O3. The fraction of sp³-hybridized carbons (Fsp3) is 0.462. The molecule has 5 nitrogen and oxygen atoms in total. The Bertz CT molecular complexity index is 670. The van der Waals surface area contributed by atoms with Gasteiger partial charge in [0.15, 0.2) is 0 Å². The van der Waals surface area contributed by atoms with E-state index in [2.05, 4.69) is 10.1 Å². The lowest BCUT2D eigenvalue weighted by Crippen LogP contribution is -2.05. The van der Waals surface area contributed by atoms with Gasteiger partial charge in [0.1, 0.15) is 0 Å². The first-order chi connectivity index (χ1) is 8.75. The van der Waals surface area contributed by atoms with Gasteiger partial charge in [0.2, 0.25) is 0 Å². The number of carbonyl (C=O) groups is 1. The molecule has 0 bridgehead atoms. The highest BCUT2D eigenvalue weighted by molar-refractivity contribution is 6.04. The molecule has 0 saturated heterocycles. The molecule has 0 radical (unpaired) electrons. The van der Waals surface area contributed by atoms with E-state index in [0.29, 0.717) is 22.6 Å². The highest BCUT2D eigenvalue weighted by atomic mass is 16.5. The van der Waals surface area contributed by atoms with Gasteiger partial charge in [0.25, 0.3) is 5.71 Å². The van der Waals surface area contributed by atoms with E-state index in [1.165, 1.54) is 0 Å². The molecule has 0 amide bonds. The third-order valence-corrected chi connectivity index (χ3v) is 3.86. The molecular weight excluding hydrogens is 232 g/mol. The van der Waals surface area contributed by atoms with Crippen LogP contribution in [0.2, 0.25) is 0 Å². The van der Waals surface area contributed by atoms with Crippen molar-refractivity contribution in [1.29, 1.82) is 0 Å². The van der Waals surface area contributed by atoms with Crippen molar-refractivity contribution in [2.24, 2.45) is 0 Å². The van der Waals surface area contributed by atoms with Crippen molar-refractivity contribution in [3.8, 4) is 0 Å². The summed E-state index contributed by atoms with van der Waals surface area (Å²) in [7, 11) is 0. The number of carboxylic acid groups (broad SMARTS) is 1. The summed E-state index contributed by atoms with van der Waals surface area (Å²) in [5.41, 5.74) is 3.34. The maximum Gasteiger partial charge on any atom is 0.336 e. The number of fused-ring (bicyclic) bond motifs is 2. The Hall–Kier alpha value is -1.91. The fourth-order valence-corrected chi connectivity index (χ4v) is 2.87. The van der Waals surface area contributed by atoms with E-state index in [9.17, 15) is 9.90 Å². The van der Waals surface area contributed by atoms with E-state index in [1.54, 1.807) is 0 Å². The molecule has 4 rings (SSSR count). The van der Waals surface area contributed by atoms with Gasteiger partial charge in [0, 0.05) is 11.6 Å². The third kappa shape index (κ3) is 1.24. The number of aromatic carboxylic acids is 1. The molecule has 0 atom stereocenters. The molecule has 5 heteroatoms. The number of pyridine rings is 1. The minimum absolute atomic E-state index is 0.366. The summed E-state index contributed by atoms with van der Waals surface area (Å²) >= 11 is 0. The molecule has 2 heterocycles. The predicted molar refractivity (Wildman–Crippen MR) is 62.8 cm³/mol. The van der Waals surface area contributed by atoms with E-state index in [1.807, 2.05) is 0 Å². The summed E-state index contributed by atoms with van der Waals surface area (Å²) in [6.45, 7) is 0. The van der Waals surface area contributed by atoms with Gasteiger partial charge in [-0.25, -0.2) is 9.78 Å². The van der Waals surface area contributed by atoms with Crippen LogP contribution in [0.25, 0.3) is 11.1 Å². The maximum absolute atomic E-state index is 11.6. The molecule has 2 aliphatic rings. The van der Waals surface area contributed by atoms with Gasteiger partial charge in [-0.05, 0) is 37.7 Å². The van der Waals surface area contributed by atoms with Crippen molar-refractivity contribution in [2.75, 3.05) is 0 Å². The second-order valence-electron chi connectivity index (χ2n) is 5.09. The van der Waals surface area contributed by atoms with E-state index in [0.717, 1.165) is 49.1 Å². The summed E-state index contributed by atoms with van der Waals surface area (Å²) in [4.78, 5) is 16.0. The Labute approximate surface area is 103 Å². The average Bonchev–Trinajstić information content (AvgIpc) is 2.94. The van der Waals surface area contributed by atoms with Crippen molar-refractivity contribution in [3.63, 3.8) is 0 Å². The number of aryl methyl sites for hydroxylation is 1. The maximum atomic E-state index is 11.6. The van der Waals surface area contributed by atoms with Gasteiger partial charge in [-0.2, -0.15) is 0 Å². The van der Waals surface area contributed by atoms with Crippen molar-refractivity contribution in [3.05, 3.63) is 22.5 Å². The first kappa shape index (κ1) is 10.1. The highest BCUT2D eigenvalue weighted by Crippen LogP contribution is 2.44. The quantitative estimate of drug-likeness (QED) is 0.877. The second kappa shape index (κ2) is 3.31. The van der Waals surface area contributed by atoms with Gasteiger partial charge < -0.3 is 9.63 Å². The van der Waals surface area contributed by atoms with Crippen LogP contribution in [0, 0.1) is 0 Å². The van der Waals surface area contributed by atoms with Crippen LogP contribution in [-0.2, 0) is 12.8 Å². The molecule has 0 spiro atoms. The number of carboxylic acids is 1. The summed E-state index contributed by atoms with van der Waals surface area (Å²) in [5, 5.41) is 14.2. The van der Waals surface area contributed by atoms with Crippen LogP contribution in [0.15, 0.2) is 4.52 Å². The van der Waals surface area contributed by atoms with Crippen molar-refractivity contribution in [2.45, 2.75) is 38.0 Å². The average molecular weight is 244 g/mol. The van der Waals surface area contributed by atoms with Crippen molar-refractivity contribution < 1.29 is 14.4 Å². The Morgan fingerprint density at radius 2 is 2.17 bits per heavy atom. The Morgan fingerprint density at radius 3 is 2.89 bits per heavy atom. The third-order valence-electron chi connectivity index (χ3n) is 3.86. The molecule has 2 aromatic heterocycles. The van der Waals surface area contributed by atoms with E-state index in [-0.39, 0.29) is 0 Å². The number of hydrogen-bond acceptors (Lipinski definition) is 4. The minimum atomic E-state index is -0.884. The van der Waals surface area contributed by atoms with Crippen LogP contribution in [0.1, 0.15) is 52.5 Å². The SMILES string of the molecule is O=C(O)c1c2c(nc3onc(C4CC4)c13)CCC2. The molecule has 18 heavy (non-hydrogen) atoms. The fourth-order valence-electron chi connectivity index (χ4n) is 2.87. The summed E-state index contributed by atoms with van der Waals surface area (Å²) in [6, 6.07) is 0. The summed E-state index contributed by atoms with van der Waals surface area (Å²) < 4.78 is 5.24. The molecule has 1 N–H and O–H groups in total. The standard InChI is InChI=1S/C13H12N2O3/c16-13(17)9-7-2-1-3-8(7)14-12-10(9)11(15-18-12)6-4-5-6/h6H,1-5H2,(H,16,17). The molecule has 1 fully saturated rings. The summed E-state index contributed by atoms with van der Waals surface area (Å²) in [5.74, 6) is -0.517. The lowest BCUT2D eigenvalue weighted by molar-refractivity contribution is 0.0697. The van der Waals surface area contributed by atoms with Crippen LogP contribution in [0.4, 0.5) is 0 Å². The molecule has 2 aliphatic carbocycles. The Balaban J connectivity index is 2.10. The lowest BCUT2D eigenvalue weighted by Gasteiger charge is -2.05. The topological polar surface area (TPSA) is 76.2 Å². The number of nitrogens with zero attached hydrogens (tertiary/aromatic N) is 2. The van der Waals surface area contributed by atoms with Crippen LogP contribution in [0.5, 0.6) is 0 Å². The normalized spacial score (nSPS) is 18.2. The van der Waals surface area contributed by atoms with E-state index < -0.39 is 5.97 Å². The van der Waals surface area contributed by atoms with Gasteiger partial charge in [-0.3, -0.25) is 0 Å². The zero-order valence-electron chi connectivity index (χ0n) is 9.77. The molecule has 0 aromatic carbocycles. The number of hydrogen-bond donors (Lipinski definition) is 1. The number of rotatable bonds is 2. The van der Waals surface area contributed by atoms with Gasteiger partial charge >= 0.3 is 5.97 Å². The van der Waals surface area contributed by atoms with Crippen LogP contribution >= 0.6 is 0 Å². The number of aromatic nitrogens is 2. The lowest BCUT2D eigenvalue weighted by atomic mass is 10.0. The highest BCUT2D eigenvalue weighted by Gasteiger charge is 2.34. The Morgan fingerprint density at radius 1 is 1.33 bits per heavy atom. The van der Waals surface area contributed by atoms with Crippen molar-refractivity contribution in [1.82, 2.24) is 10.1 Å². The second-order valence-corrected chi connectivity index (χ2v) is 5.09. The first-order valence-corrected chi connectivity index (χ1v) is 6.30.